The molecule has 4 rings (SSSR count). The number of benzene rings is 2. The minimum atomic E-state index is -0.329. The summed E-state index contributed by atoms with van der Waals surface area (Å²) in [6.45, 7) is 1.05. The van der Waals surface area contributed by atoms with Gasteiger partial charge in [-0.15, -0.1) is 0 Å². The van der Waals surface area contributed by atoms with Gasteiger partial charge in [0.05, 0.1) is 19.2 Å². The van der Waals surface area contributed by atoms with Crippen LogP contribution in [0.1, 0.15) is 28.5 Å². The molecule has 2 heterocycles. The Morgan fingerprint density at radius 2 is 1.90 bits per heavy atom. The lowest BCUT2D eigenvalue weighted by molar-refractivity contribution is 0.0916. The molecule has 1 aliphatic rings. The molecule has 0 fully saturated rings. The van der Waals surface area contributed by atoms with E-state index in [1.54, 1.807) is 0 Å². The predicted molar refractivity (Wildman–Crippen MR) is 107 cm³/mol. The molecule has 29 heavy (non-hydrogen) atoms. The Morgan fingerprint density at radius 3 is 2.76 bits per heavy atom. The molecule has 0 saturated heterocycles. The summed E-state index contributed by atoms with van der Waals surface area (Å²) in [7, 11) is 0. The number of para-hydroxylation sites is 2. The van der Waals surface area contributed by atoms with Gasteiger partial charge in [-0.05, 0) is 24.3 Å². The Labute approximate surface area is 167 Å². The minimum Gasteiger partial charge on any atom is -0.493 e. The van der Waals surface area contributed by atoms with Crippen molar-refractivity contribution in [3.63, 3.8) is 0 Å². The van der Waals surface area contributed by atoms with Crippen LogP contribution in [-0.4, -0.2) is 28.9 Å². The van der Waals surface area contributed by atoms with Gasteiger partial charge >= 0.3 is 0 Å². The number of hydrogen-bond donors (Lipinski definition) is 1. The van der Waals surface area contributed by atoms with E-state index in [1.165, 1.54) is 16.8 Å². The van der Waals surface area contributed by atoms with E-state index in [9.17, 15) is 9.59 Å². The van der Waals surface area contributed by atoms with E-state index in [4.69, 9.17) is 9.47 Å². The van der Waals surface area contributed by atoms with E-state index in [0.29, 0.717) is 18.8 Å². The third-order valence-electron chi connectivity index (χ3n) is 4.68. The first-order valence-corrected chi connectivity index (χ1v) is 9.49. The van der Waals surface area contributed by atoms with Crippen LogP contribution in [0.15, 0.2) is 71.5 Å². The van der Waals surface area contributed by atoms with Crippen LogP contribution in [0.5, 0.6) is 11.5 Å². The third-order valence-corrected chi connectivity index (χ3v) is 4.68. The number of nitrogens with zero attached hydrogens (tertiary/aromatic N) is 2. The molecule has 1 amide bonds. The molecular weight excluding hydrogens is 370 g/mol. The van der Waals surface area contributed by atoms with Crippen molar-refractivity contribution in [2.24, 2.45) is 0 Å². The van der Waals surface area contributed by atoms with Gasteiger partial charge in [0.2, 0.25) is 0 Å². The Balaban J connectivity index is 1.43. The van der Waals surface area contributed by atoms with E-state index in [-0.39, 0.29) is 36.4 Å². The molecule has 0 radical (unpaired) electrons. The van der Waals surface area contributed by atoms with Crippen LogP contribution in [0.4, 0.5) is 0 Å². The van der Waals surface area contributed by atoms with Crippen molar-refractivity contribution in [3.8, 4) is 11.5 Å². The summed E-state index contributed by atoms with van der Waals surface area (Å²) >= 11 is 0. The van der Waals surface area contributed by atoms with E-state index < -0.39 is 0 Å². The zero-order valence-corrected chi connectivity index (χ0v) is 15.8. The summed E-state index contributed by atoms with van der Waals surface area (Å²) in [6, 6.07) is 19.6. The first kappa shape index (κ1) is 18.7. The number of carbonyl (C=O) groups is 1. The summed E-state index contributed by atoms with van der Waals surface area (Å²) in [6.07, 6.45) is 0.674. The largest absolute Gasteiger partial charge is 0.493 e. The van der Waals surface area contributed by atoms with E-state index in [1.807, 2.05) is 54.6 Å². The number of ether oxygens (including phenoxy) is 2. The normalized spacial score (nSPS) is 15.1. The lowest BCUT2D eigenvalue weighted by Gasteiger charge is -2.26. The Bertz CT molecular complexity index is 1050. The SMILES string of the molecule is O=C(N[C@@H]1CCOc2ccccc21)c1ccc(=O)n(CCOc2ccccc2)n1. The average Bonchev–Trinajstić information content (AvgIpc) is 2.76. The highest BCUT2D eigenvalue weighted by Gasteiger charge is 2.23. The Hall–Kier alpha value is -3.61. The molecule has 0 aliphatic carbocycles. The molecule has 0 bridgehead atoms. The van der Waals surface area contributed by atoms with Gasteiger partial charge in [-0.2, -0.15) is 5.10 Å². The van der Waals surface area contributed by atoms with Crippen molar-refractivity contribution >= 4 is 5.91 Å². The maximum atomic E-state index is 12.7. The maximum absolute atomic E-state index is 12.7. The fourth-order valence-corrected chi connectivity index (χ4v) is 3.22. The van der Waals surface area contributed by atoms with Crippen molar-refractivity contribution in [2.75, 3.05) is 13.2 Å². The van der Waals surface area contributed by atoms with Crippen molar-refractivity contribution in [3.05, 3.63) is 88.3 Å². The number of nitrogens with one attached hydrogen (secondary N) is 1. The molecule has 0 spiro atoms. The van der Waals surface area contributed by atoms with Crippen LogP contribution in [0.2, 0.25) is 0 Å². The van der Waals surface area contributed by atoms with Crippen LogP contribution < -0.4 is 20.3 Å². The van der Waals surface area contributed by atoms with Crippen LogP contribution >= 0.6 is 0 Å². The first-order valence-electron chi connectivity index (χ1n) is 9.49. The molecule has 7 heteroatoms. The lowest BCUT2D eigenvalue weighted by atomic mass is 10.0. The van der Waals surface area contributed by atoms with Gasteiger partial charge in [0, 0.05) is 18.1 Å². The maximum Gasteiger partial charge on any atom is 0.272 e. The van der Waals surface area contributed by atoms with Crippen LogP contribution in [0.3, 0.4) is 0 Å². The summed E-state index contributed by atoms with van der Waals surface area (Å²) in [5.74, 6) is 1.16. The molecule has 0 saturated carbocycles. The summed E-state index contributed by atoms with van der Waals surface area (Å²) in [5.41, 5.74) is 0.847. The summed E-state index contributed by atoms with van der Waals surface area (Å²) in [5, 5.41) is 7.20. The van der Waals surface area contributed by atoms with Crippen molar-refractivity contribution in [1.82, 2.24) is 15.1 Å². The number of rotatable bonds is 6. The number of aromatic nitrogens is 2. The molecule has 3 aromatic rings. The predicted octanol–water partition coefficient (Wildman–Crippen LogP) is 2.58. The molecule has 1 atom stereocenters. The highest BCUT2D eigenvalue weighted by Crippen LogP contribution is 2.31. The van der Waals surface area contributed by atoms with Crippen molar-refractivity contribution in [2.45, 2.75) is 19.0 Å². The summed E-state index contributed by atoms with van der Waals surface area (Å²) in [4.78, 5) is 24.8. The molecule has 2 aromatic carbocycles. The van der Waals surface area contributed by atoms with Gasteiger partial charge in [-0.1, -0.05) is 36.4 Å². The highest BCUT2D eigenvalue weighted by molar-refractivity contribution is 5.92. The van der Waals surface area contributed by atoms with Crippen molar-refractivity contribution in [1.29, 1.82) is 0 Å². The number of hydrogen-bond acceptors (Lipinski definition) is 5. The zero-order valence-electron chi connectivity index (χ0n) is 15.8. The second-order valence-electron chi connectivity index (χ2n) is 6.64. The molecular formula is C22H21N3O4. The van der Waals surface area contributed by atoms with Crippen molar-refractivity contribution < 1.29 is 14.3 Å². The third kappa shape index (κ3) is 4.45. The van der Waals surface area contributed by atoms with E-state index >= 15 is 0 Å². The first-order chi connectivity index (χ1) is 14.2. The Kier molecular flexibility index (Phi) is 5.56. The van der Waals surface area contributed by atoms with Gasteiger partial charge < -0.3 is 14.8 Å². The van der Waals surface area contributed by atoms with Gasteiger partial charge in [0.1, 0.15) is 23.8 Å². The quantitative estimate of drug-likeness (QED) is 0.698. The second kappa shape index (κ2) is 8.60. The number of fused-ring (bicyclic) bond motifs is 1. The molecule has 7 nitrogen and oxygen atoms in total. The zero-order chi connectivity index (χ0) is 20.1. The smallest absolute Gasteiger partial charge is 0.272 e. The average molecular weight is 391 g/mol. The van der Waals surface area contributed by atoms with Gasteiger partial charge in [0.25, 0.3) is 11.5 Å². The van der Waals surface area contributed by atoms with Crippen LogP contribution in [0.25, 0.3) is 0 Å². The second-order valence-corrected chi connectivity index (χ2v) is 6.64. The topological polar surface area (TPSA) is 82.5 Å². The van der Waals surface area contributed by atoms with E-state index in [0.717, 1.165) is 11.3 Å². The van der Waals surface area contributed by atoms with Gasteiger partial charge in [-0.25, -0.2) is 4.68 Å². The summed E-state index contributed by atoms with van der Waals surface area (Å²) < 4.78 is 12.5. The number of amides is 1. The van der Waals surface area contributed by atoms with Gasteiger partial charge in [-0.3, -0.25) is 9.59 Å². The molecule has 148 valence electrons. The Morgan fingerprint density at radius 1 is 1.10 bits per heavy atom. The fraction of sp³-hybridized carbons (Fsp3) is 0.227. The highest BCUT2D eigenvalue weighted by atomic mass is 16.5. The van der Waals surface area contributed by atoms with E-state index in [2.05, 4.69) is 10.4 Å². The molecule has 0 unspecified atom stereocenters. The van der Waals surface area contributed by atoms with Gasteiger partial charge in [0.15, 0.2) is 0 Å². The monoisotopic (exact) mass is 391 g/mol. The van der Waals surface area contributed by atoms with Crippen LogP contribution in [-0.2, 0) is 6.54 Å². The van der Waals surface area contributed by atoms with Crippen LogP contribution in [0, 0.1) is 0 Å². The standard InChI is InChI=1S/C22H21N3O4/c26-21-11-10-19(24-25(21)13-15-28-16-6-2-1-3-7-16)22(27)23-18-12-14-29-20-9-5-4-8-17(18)20/h1-11,18H,12-15H2,(H,23,27)/t18-/m1/s1. The molecule has 1 aromatic heterocycles. The lowest BCUT2D eigenvalue weighted by Crippen LogP contribution is -2.34. The molecule has 1 aliphatic heterocycles. The molecule has 1 N–H and O–H groups in total. The fourth-order valence-electron chi connectivity index (χ4n) is 3.22. The number of carbonyl (C=O) groups excluding carboxylic acids is 1. The minimum absolute atomic E-state index is 0.156.